The van der Waals surface area contributed by atoms with Crippen LogP contribution >= 0.6 is 0 Å². The van der Waals surface area contributed by atoms with Crippen LogP contribution < -0.4 is 15.0 Å². The van der Waals surface area contributed by atoms with E-state index in [2.05, 4.69) is 10.3 Å². The molecule has 0 saturated carbocycles. The SMILES string of the molecule is Cc1cc(F)c(NC(=O)N2CC=C(C(F)(F)F)C2)cc1-c1cc(OCCO)nc(N2CCOCC2)c1. The highest BCUT2D eigenvalue weighted by Crippen LogP contribution is 2.34. The quantitative estimate of drug-likeness (QED) is 0.455. The number of pyridine rings is 1. The van der Waals surface area contributed by atoms with Crippen LogP contribution in [0.5, 0.6) is 5.88 Å². The summed E-state index contributed by atoms with van der Waals surface area (Å²) in [4.78, 5) is 20.0. The number of carbonyl (C=O) groups excluding carboxylic acids is 1. The lowest BCUT2D eigenvalue weighted by Crippen LogP contribution is -2.36. The number of urea groups is 1. The minimum Gasteiger partial charge on any atom is -0.475 e. The number of aliphatic hydroxyl groups excluding tert-OH is 1. The van der Waals surface area contributed by atoms with Gasteiger partial charge in [0.15, 0.2) is 0 Å². The van der Waals surface area contributed by atoms with Gasteiger partial charge in [0.05, 0.1) is 37.6 Å². The lowest BCUT2D eigenvalue weighted by molar-refractivity contribution is -0.0929. The molecular formula is C24H26F4N4O4. The number of benzene rings is 1. The smallest absolute Gasteiger partial charge is 0.414 e. The Morgan fingerprint density at radius 2 is 1.97 bits per heavy atom. The first kappa shape index (κ1) is 25.7. The van der Waals surface area contributed by atoms with Gasteiger partial charge in [-0.2, -0.15) is 18.2 Å². The van der Waals surface area contributed by atoms with Gasteiger partial charge in [-0.15, -0.1) is 0 Å². The van der Waals surface area contributed by atoms with Gasteiger partial charge in [-0.25, -0.2) is 9.18 Å². The molecule has 194 valence electrons. The van der Waals surface area contributed by atoms with Gasteiger partial charge >= 0.3 is 12.2 Å². The van der Waals surface area contributed by atoms with Gasteiger partial charge in [-0.05, 0) is 41.8 Å². The number of hydrogen-bond donors (Lipinski definition) is 2. The highest BCUT2D eigenvalue weighted by atomic mass is 19.4. The summed E-state index contributed by atoms with van der Waals surface area (Å²) in [5.74, 6) is 0.160. The Morgan fingerprint density at radius 3 is 2.64 bits per heavy atom. The zero-order valence-electron chi connectivity index (χ0n) is 19.6. The lowest BCUT2D eigenvalue weighted by Gasteiger charge is -2.28. The number of rotatable bonds is 6. The third-order valence-corrected chi connectivity index (χ3v) is 5.90. The zero-order valence-corrected chi connectivity index (χ0v) is 19.6. The van der Waals surface area contributed by atoms with Crippen LogP contribution in [0.1, 0.15) is 5.56 Å². The number of aryl methyl sites for hydroxylation is 1. The Bertz CT molecular complexity index is 1150. The molecule has 0 bridgehead atoms. The van der Waals surface area contributed by atoms with Gasteiger partial charge in [0.2, 0.25) is 5.88 Å². The number of amides is 2. The van der Waals surface area contributed by atoms with E-state index in [1.807, 2.05) is 11.0 Å². The van der Waals surface area contributed by atoms with Crippen LogP contribution in [0.15, 0.2) is 35.9 Å². The highest BCUT2D eigenvalue weighted by Gasteiger charge is 2.38. The van der Waals surface area contributed by atoms with E-state index in [-0.39, 0.29) is 31.3 Å². The molecule has 1 aromatic heterocycles. The number of anilines is 2. The van der Waals surface area contributed by atoms with Gasteiger partial charge < -0.3 is 29.7 Å². The molecule has 0 aliphatic carbocycles. The van der Waals surface area contributed by atoms with E-state index in [0.29, 0.717) is 48.8 Å². The predicted octanol–water partition coefficient (Wildman–Crippen LogP) is 3.74. The van der Waals surface area contributed by atoms with Crippen molar-refractivity contribution in [2.75, 3.05) is 62.8 Å². The summed E-state index contributed by atoms with van der Waals surface area (Å²) >= 11 is 0. The van der Waals surface area contributed by atoms with Crippen molar-refractivity contribution in [3.05, 3.63) is 47.3 Å². The Balaban J connectivity index is 1.62. The number of halogens is 4. The van der Waals surface area contributed by atoms with E-state index in [0.717, 1.165) is 11.0 Å². The van der Waals surface area contributed by atoms with Crippen molar-refractivity contribution in [2.24, 2.45) is 0 Å². The summed E-state index contributed by atoms with van der Waals surface area (Å²) in [7, 11) is 0. The predicted molar refractivity (Wildman–Crippen MR) is 125 cm³/mol. The summed E-state index contributed by atoms with van der Waals surface area (Å²) in [5.41, 5.74) is 0.803. The minimum absolute atomic E-state index is 0.0342. The summed E-state index contributed by atoms with van der Waals surface area (Å²) in [6, 6.07) is 5.30. The van der Waals surface area contributed by atoms with E-state index >= 15 is 0 Å². The van der Waals surface area contributed by atoms with E-state index in [1.54, 1.807) is 13.0 Å². The summed E-state index contributed by atoms with van der Waals surface area (Å²) < 4.78 is 64.5. The molecule has 0 unspecified atom stereocenters. The van der Waals surface area contributed by atoms with Crippen molar-refractivity contribution in [1.82, 2.24) is 9.88 Å². The number of aliphatic hydroxyl groups is 1. The number of hydrogen-bond acceptors (Lipinski definition) is 6. The molecular weight excluding hydrogens is 484 g/mol. The fourth-order valence-corrected chi connectivity index (χ4v) is 4.01. The number of aromatic nitrogens is 1. The lowest BCUT2D eigenvalue weighted by atomic mass is 10.00. The third kappa shape index (κ3) is 5.88. The Kier molecular flexibility index (Phi) is 7.65. The molecule has 0 spiro atoms. The number of carbonyl (C=O) groups is 1. The Morgan fingerprint density at radius 1 is 1.22 bits per heavy atom. The topological polar surface area (TPSA) is 87.2 Å². The minimum atomic E-state index is -4.52. The molecule has 1 aromatic carbocycles. The van der Waals surface area contributed by atoms with E-state index in [9.17, 15) is 22.4 Å². The van der Waals surface area contributed by atoms with E-state index < -0.39 is 30.1 Å². The first-order chi connectivity index (χ1) is 17.2. The average molecular weight is 510 g/mol. The van der Waals surface area contributed by atoms with Crippen molar-refractivity contribution in [3.8, 4) is 17.0 Å². The molecule has 2 N–H and O–H groups in total. The van der Waals surface area contributed by atoms with Crippen LogP contribution in [0.25, 0.3) is 11.1 Å². The van der Waals surface area contributed by atoms with Crippen molar-refractivity contribution < 1.29 is 36.9 Å². The largest absolute Gasteiger partial charge is 0.475 e. The molecule has 1 fully saturated rings. The molecule has 2 aliphatic rings. The summed E-state index contributed by atoms with van der Waals surface area (Å²) in [5, 5.41) is 11.5. The maximum Gasteiger partial charge on any atom is 0.414 e. The van der Waals surface area contributed by atoms with Crippen LogP contribution in [0.3, 0.4) is 0 Å². The molecule has 12 heteroatoms. The van der Waals surface area contributed by atoms with Crippen molar-refractivity contribution in [2.45, 2.75) is 13.1 Å². The first-order valence-corrected chi connectivity index (χ1v) is 11.4. The molecule has 0 radical (unpaired) electrons. The number of alkyl halides is 3. The molecule has 1 saturated heterocycles. The standard InChI is InChI=1S/C24H26F4N4O4/c1-15-10-19(25)20(29-23(34)32-3-2-17(14-32)24(26,27)28)13-18(15)16-11-21(31-4-7-35-8-5-31)30-22(12-16)36-9-6-33/h2,10-13,33H,3-9,14H2,1H3,(H,29,34). The van der Waals surface area contributed by atoms with Gasteiger partial charge in [-0.3, -0.25) is 0 Å². The van der Waals surface area contributed by atoms with Crippen molar-refractivity contribution >= 4 is 17.5 Å². The molecule has 3 heterocycles. The van der Waals surface area contributed by atoms with Crippen LogP contribution in [-0.4, -0.2) is 79.8 Å². The summed E-state index contributed by atoms with van der Waals surface area (Å²) in [6.45, 7) is 3.00. The normalized spacial score (nSPS) is 16.2. The molecule has 36 heavy (non-hydrogen) atoms. The fraction of sp³-hybridized carbons (Fsp3) is 0.417. The fourth-order valence-electron chi connectivity index (χ4n) is 4.01. The zero-order chi connectivity index (χ0) is 25.9. The molecule has 4 rings (SSSR count). The second kappa shape index (κ2) is 10.7. The first-order valence-electron chi connectivity index (χ1n) is 11.4. The molecule has 0 atom stereocenters. The highest BCUT2D eigenvalue weighted by molar-refractivity contribution is 5.91. The van der Waals surface area contributed by atoms with E-state index in [4.69, 9.17) is 14.6 Å². The average Bonchev–Trinajstić information content (AvgIpc) is 3.36. The summed E-state index contributed by atoms with van der Waals surface area (Å²) in [6.07, 6.45) is -3.58. The molecule has 2 aromatic rings. The molecule has 2 amide bonds. The second-order valence-corrected chi connectivity index (χ2v) is 8.41. The van der Waals surface area contributed by atoms with Crippen molar-refractivity contribution in [1.29, 1.82) is 0 Å². The van der Waals surface area contributed by atoms with Gasteiger partial charge in [-0.1, -0.05) is 6.08 Å². The second-order valence-electron chi connectivity index (χ2n) is 8.41. The third-order valence-electron chi connectivity index (χ3n) is 5.90. The Hall–Kier alpha value is -3.38. The van der Waals surface area contributed by atoms with Crippen LogP contribution in [0.2, 0.25) is 0 Å². The van der Waals surface area contributed by atoms with Gasteiger partial charge in [0.1, 0.15) is 18.2 Å². The van der Waals surface area contributed by atoms with Crippen molar-refractivity contribution in [3.63, 3.8) is 0 Å². The van der Waals surface area contributed by atoms with Gasteiger partial charge in [0, 0.05) is 25.7 Å². The maximum atomic E-state index is 14.8. The molecule has 2 aliphatic heterocycles. The Labute approximate surface area is 205 Å². The maximum absolute atomic E-state index is 14.8. The number of ether oxygens (including phenoxy) is 2. The van der Waals surface area contributed by atoms with E-state index in [1.165, 1.54) is 12.1 Å². The van der Waals surface area contributed by atoms with Crippen LogP contribution in [-0.2, 0) is 4.74 Å². The number of morpholine rings is 1. The number of nitrogens with one attached hydrogen (secondary N) is 1. The van der Waals surface area contributed by atoms with Crippen LogP contribution in [0.4, 0.5) is 33.9 Å². The molecule has 8 nitrogen and oxygen atoms in total. The van der Waals surface area contributed by atoms with Crippen LogP contribution in [0, 0.1) is 12.7 Å². The number of nitrogens with zero attached hydrogens (tertiary/aromatic N) is 3. The monoisotopic (exact) mass is 510 g/mol. The van der Waals surface area contributed by atoms with Gasteiger partial charge in [0.25, 0.3) is 0 Å².